The molecule has 0 unspecified atom stereocenters. The van der Waals surface area contributed by atoms with E-state index in [9.17, 15) is 9.90 Å². The summed E-state index contributed by atoms with van der Waals surface area (Å²) in [5.74, 6) is -0.0975. The second kappa shape index (κ2) is 7.05. The maximum Gasteiger partial charge on any atom is 0.358 e. The summed E-state index contributed by atoms with van der Waals surface area (Å²) < 4.78 is 6.68. The summed E-state index contributed by atoms with van der Waals surface area (Å²) in [6.45, 7) is 4.79. The van der Waals surface area contributed by atoms with Crippen molar-refractivity contribution in [2.24, 2.45) is 0 Å². The molecule has 0 bridgehead atoms. The summed E-state index contributed by atoms with van der Waals surface area (Å²) in [4.78, 5) is 14.1. The lowest BCUT2D eigenvalue weighted by atomic mass is 10.1. The Balaban J connectivity index is 1.71. The highest BCUT2D eigenvalue weighted by molar-refractivity contribution is 5.87. The number of hydrogen-bond donors (Lipinski definition) is 1. The quantitative estimate of drug-likeness (QED) is 0.871. The van der Waals surface area contributed by atoms with Crippen LogP contribution in [-0.4, -0.2) is 45.5 Å². The molecule has 0 aliphatic carbocycles. The van der Waals surface area contributed by atoms with Crippen molar-refractivity contribution in [3.05, 3.63) is 47.3 Å². The van der Waals surface area contributed by atoms with Gasteiger partial charge in [-0.2, -0.15) is 5.10 Å². The fourth-order valence-electron chi connectivity index (χ4n) is 3.17. The number of nitrogens with zero attached hydrogens (tertiary/aromatic N) is 3. The summed E-state index contributed by atoms with van der Waals surface area (Å²) in [6.07, 6.45) is 1.91. The minimum Gasteiger partial charge on any atom is -0.508 e. The Bertz CT molecular complexity index is 709. The Kier molecular flexibility index (Phi) is 4.85. The van der Waals surface area contributed by atoms with Gasteiger partial charge in [-0.15, -0.1) is 0 Å². The molecule has 1 aromatic heterocycles. The first kappa shape index (κ1) is 16.5. The van der Waals surface area contributed by atoms with Gasteiger partial charge in [0.05, 0.1) is 12.8 Å². The molecule has 1 atom stereocenters. The van der Waals surface area contributed by atoms with Crippen LogP contribution >= 0.6 is 0 Å². The smallest absolute Gasteiger partial charge is 0.358 e. The molecule has 1 aliphatic rings. The highest BCUT2D eigenvalue weighted by Gasteiger charge is 2.22. The molecule has 2 aromatic rings. The number of phenolic OH excluding ortho intramolecular Hbond substituents is 1. The van der Waals surface area contributed by atoms with Gasteiger partial charge < -0.3 is 9.84 Å². The number of esters is 1. The number of fused-ring (bicyclic) bond motifs is 1. The Hall–Kier alpha value is -2.34. The number of aryl methyl sites for hydroxylation is 1. The van der Waals surface area contributed by atoms with E-state index in [0.29, 0.717) is 17.5 Å². The van der Waals surface area contributed by atoms with Crippen LogP contribution < -0.4 is 0 Å². The predicted molar refractivity (Wildman–Crippen MR) is 89.9 cm³/mol. The topological polar surface area (TPSA) is 67.6 Å². The molecule has 128 valence electrons. The van der Waals surface area contributed by atoms with Gasteiger partial charge in [0.2, 0.25) is 0 Å². The van der Waals surface area contributed by atoms with E-state index in [0.717, 1.165) is 38.2 Å². The molecule has 0 fully saturated rings. The fraction of sp³-hybridized carbons (Fsp3) is 0.444. The minimum atomic E-state index is -0.390. The SMILES string of the molecule is COC(=O)c1cc2n(n1)CCCN([C@H](C)Cc1ccc(O)cc1)C2. The van der Waals surface area contributed by atoms with Gasteiger partial charge in [-0.3, -0.25) is 9.58 Å². The molecule has 1 N–H and O–H groups in total. The molecule has 3 rings (SSSR count). The summed E-state index contributed by atoms with van der Waals surface area (Å²) in [5.41, 5.74) is 2.62. The van der Waals surface area contributed by atoms with E-state index < -0.39 is 0 Å². The molecule has 6 heteroatoms. The van der Waals surface area contributed by atoms with Crippen LogP contribution in [0, 0.1) is 0 Å². The molecule has 0 saturated carbocycles. The molecule has 2 heterocycles. The average Bonchev–Trinajstić information content (AvgIpc) is 2.87. The highest BCUT2D eigenvalue weighted by atomic mass is 16.5. The first-order valence-corrected chi connectivity index (χ1v) is 8.24. The summed E-state index contributed by atoms with van der Waals surface area (Å²) in [7, 11) is 1.37. The zero-order valence-corrected chi connectivity index (χ0v) is 14.1. The van der Waals surface area contributed by atoms with Gasteiger partial charge in [-0.05, 0) is 43.5 Å². The number of benzene rings is 1. The predicted octanol–water partition coefficient (Wildman–Crippen LogP) is 2.21. The van der Waals surface area contributed by atoms with Crippen molar-refractivity contribution < 1.29 is 14.6 Å². The highest BCUT2D eigenvalue weighted by Crippen LogP contribution is 2.19. The molecule has 0 amide bonds. The van der Waals surface area contributed by atoms with Crippen molar-refractivity contribution >= 4 is 5.97 Å². The lowest BCUT2D eigenvalue weighted by Gasteiger charge is -2.27. The number of rotatable bonds is 4. The van der Waals surface area contributed by atoms with Crippen molar-refractivity contribution in [3.63, 3.8) is 0 Å². The van der Waals surface area contributed by atoms with E-state index in [1.807, 2.05) is 22.9 Å². The number of hydrogen-bond acceptors (Lipinski definition) is 5. The number of ether oxygens (including phenoxy) is 1. The molecule has 1 aromatic carbocycles. The minimum absolute atomic E-state index is 0.292. The van der Waals surface area contributed by atoms with E-state index in [4.69, 9.17) is 4.74 Å². The number of carbonyl (C=O) groups is 1. The van der Waals surface area contributed by atoms with Crippen LogP contribution in [0.3, 0.4) is 0 Å². The Morgan fingerprint density at radius 1 is 1.33 bits per heavy atom. The van der Waals surface area contributed by atoms with Crippen LogP contribution in [0.2, 0.25) is 0 Å². The van der Waals surface area contributed by atoms with Gasteiger partial charge in [-0.25, -0.2) is 4.79 Å². The van der Waals surface area contributed by atoms with Crippen molar-refractivity contribution in [1.82, 2.24) is 14.7 Å². The lowest BCUT2D eigenvalue weighted by Crippen LogP contribution is -2.34. The average molecular weight is 329 g/mol. The molecule has 1 aliphatic heterocycles. The zero-order chi connectivity index (χ0) is 17.1. The first-order chi connectivity index (χ1) is 11.6. The van der Waals surface area contributed by atoms with Gasteiger partial charge in [0.25, 0.3) is 0 Å². The maximum absolute atomic E-state index is 11.7. The van der Waals surface area contributed by atoms with Gasteiger partial charge in [0.1, 0.15) is 5.75 Å². The maximum atomic E-state index is 11.7. The summed E-state index contributed by atoms with van der Waals surface area (Å²) >= 11 is 0. The second-order valence-electron chi connectivity index (χ2n) is 6.28. The summed E-state index contributed by atoms with van der Waals surface area (Å²) in [5, 5.41) is 13.8. The van der Waals surface area contributed by atoms with Crippen LogP contribution in [0.15, 0.2) is 30.3 Å². The van der Waals surface area contributed by atoms with E-state index in [1.165, 1.54) is 12.7 Å². The zero-order valence-electron chi connectivity index (χ0n) is 14.1. The second-order valence-corrected chi connectivity index (χ2v) is 6.28. The Labute approximate surface area is 141 Å². The van der Waals surface area contributed by atoms with Gasteiger partial charge in [0, 0.05) is 25.7 Å². The molecule has 0 radical (unpaired) electrons. The fourth-order valence-corrected chi connectivity index (χ4v) is 3.17. The van der Waals surface area contributed by atoms with E-state index in [1.54, 1.807) is 12.1 Å². The molecule has 0 spiro atoms. The lowest BCUT2D eigenvalue weighted by molar-refractivity contribution is 0.0593. The third-order valence-corrected chi connectivity index (χ3v) is 4.53. The van der Waals surface area contributed by atoms with E-state index >= 15 is 0 Å². The van der Waals surface area contributed by atoms with Crippen LogP contribution in [-0.2, 0) is 24.2 Å². The number of methoxy groups -OCH3 is 1. The third-order valence-electron chi connectivity index (χ3n) is 4.53. The largest absolute Gasteiger partial charge is 0.508 e. The van der Waals surface area contributed by atoms with Crippen molar-refractivity contribution in [3.8, 4) is 5.75 Å². The number of carbonyl (C=O) groups excluding carboxylic acids is 1. The van der Waals surface area contributed by atoms with Crippen LogP contribution in [0.4, 0.5) is 0 Å². The van der Waals surface area contributed by atoms with Crippen LogP contribution in [0.1, 0.15) is 35.1 Å². The normalized spacial score (nSPS) is 16.2. The van der Waals surface area contributed by atoms with E-state index in [2.05, 4.69) is 16.9 Å². The summed E-state index contributed by atoms with van der Waals surface area (Å²) in [6, 6.07) is 9.56. The van der Waals surface area contributed by atoms with Crippen LogP contribution in [0.5, 0.6) is 5.75 Å². The van der Waals surface area contributed by atoms with Crippen molar-refractivity contribution in [2.75, 3.05) is 13.7 Å². The van der Waals surface area contributed by atoms with Gasteiger partial charge in [-0.1, -0.05) is 12.1 Å². The Morgan fingerprint density at radius 3 is 2.79 bits per heavy atom. The van der Waals surface area contributed by atoms with Crippen molar-refractivity contribution in [1.29, 1.82) is 0 Å². The molecule has 6 nitrogen and oxygen atoms in total. The first-order valence-electron chi connectivity index (χ1n) is 8.24. The van der Waals surface area contributed by atoms with Crippen LogP contribution in [0.25, 0.3) is 0 Å². The van der Waals surface area contributed by atoms with E-state index in [-0.39, 0.29) is 5.97 Å². The van der Waals surface area contributed by atoms with Gasteiger partial charge in [0.15, 0.2) is 5.69 Å². The Morgan fingerprint density at radius 2 is 2.08 bits per heavy atom. The molecular formula is C18H23N3O3. The molecule has 24 heavy (non-hydrogen) atoms. The van der Waals surface area contributed by atoms with Gasteiger partial charge >= 0.3 is 5.97 Å². The standard InChI is InChI=1S/C18H23N3O3/c1-13(10-14-4-6-16(22)7-5-14)20-8-3-9-21-15(12-20)11-17(19-21)18(23)24-2/h4-7,11,13,22H,3,8-10,12H2,1-2H3/t13-/m1/s1. The van der Waals surface area contributed by atoms with Crippen molar-refractivity contribution in [2.45, 2.75) is 38.9 Å². The molecule has 0 saturated heterocycles. The number of aromatic nitrogens is 2. The number of aromatic hydroxyl groups is 1. The molecular weight excluding hydrogens is 306 g/mol. The third kappa shape index (κ3) is 3.59. The monoisotopic (exact) mass is 329 g/mol. The number of phenols is 1.